The predicted octanol–water partition coefficient (Wildman–Crippen LogP) is 2.04. The van der Waals surface area contributed by atoms with Gasteiger partial charge in [-0.05, 0) is 12.8 Å². The number of imidazole rings is 1. The van der Waals surface area contributed by atoms with Crippen LogP contribution in [0.5, 0.6) is 0 Å². The molecule has 1 aromatic rings. The molecule has 0 saturated carbocycles. The molecule has 0 aliphatic carbocycles. The van der Waals surface area contributed by atoms with Gasteiger partial charge in [0.25, 0.3) is 0 Å². The van der Waals surface area contributed by atoms with Crippen molar-refractivity contribution in [1.29, 1.82) is 0 Å². The van der Waals surface area contributed by atoms with E-state index in [2.05, 4.69) is 23.8 Å². The van der Waals surface area contributed by atoms with Crippen LogP contribution in [0.25, 0.3) is 0 Å². The van der Waals surface area contributed by atoms with Crippen molar-refractivity contribution < 1.29 is 4.79 Å². The third kappa shape index (κ3) is 1.55. The number of aryl methyl sites for hydroxylation is 1. The lowest BCUT2D eigenvalue weighted by molar-refractivity contribution is 0.100. The molecule has 0 aliphatic heterocycles. The van der Waals surface area contributed by atoms with Gasteiger partial charge in [-0.15, -0.1) is 0 Å². The van der Waals surface area contributed by atoms with Crippen LogP contribution < -0.4 is 0 Å². The highest BCUT2D eigenvalue weighted by Gasteiger charge is 2.11. The number of ketones is 1. The number of rotatable bonds is 2. The molecule has 12 heavy (non-hydrogen) atoms. The van der Waals surface area contributed by atoms with Gasteiger partial charge in [-0.25, -0.2) is 4.98 Å². The largest absolute Gasteiger partial charge is 0.339 e. The molecule has 0 radical (unpaired) electrons. The summed E-state index contributed by atoms with van der Waals surface area (Å²) in [5.74, 6) is 0.829. The van der Waals surface area contributed by atoms with Gasteiger partial charge in [0.1, 0.15) is 0 Å². The van der Waals surface area contributed by atoms with Gasteiger partial charge >= 0.3 is 0 Å². The molecule has 0 unspecified atom stereocenters. The molecule has 0 atom stereocenters. The van der Waals surface area contributed by atoms with E-state index in [1.807, 2.05) is 6.92 Å². The number of carbonyl (C=O) groups is 1. The zero-order valence-electron chi connectivity index (χ0n) is 7.93. The van der Waals surface area contributed by atoms with Crippen LogP contribution in [0.15, 0.2) is 0 Å². The first-order valence-corrected chi connectivity index (χ1v) is 4.09. The van der Waals surface area contributed by atoms with Crippen LogP contribution in [0.1, 0.15) is 48.7 Å². The van der Waals surface area contributed by atoms with Crippen molar-refractivity contribution in [1.82, 2.24) is 9.97 Å². The molecule has 1 rings (SSSR count). The Kier molecular flexibility index (Phi) is 2.31. The number of Topliss-reactive ketones (excluding diaryl/α,β-unsaturated/α-hetero) is 1. The van der Waals surface area contributed by atoms with Crippen molar-refractivity contribution >= 4 is 5.78 Å². The molecule has 0 bridgehead atoms. The second-order valence-corrected chi connectivity index (χ2v) is 3.31. The molecule has 1 heterocycles. The van der Waals surface area contributed by atoms with E-state index in [1.54, 1.807) is 0 Å². The van der Waals surface area contributed by atoms with E-state index < -0.39 is 0 Å². The summed E-state index contributed by atoms with van der Waals surface area (Å²) >= 11 is 0. The number of H-pyrrole nitrogens is 1. The Morgan fingerprint density at radius 1 is 1.50 bits per heavy atom. The highest BCUT2D eigenvalue weighted by atomic mass is 16.1. The van der Waals surface area contributed by atoms with Gasteiger partial charge in [0.05, 0.1) is 5.69 Å². The summed E-state index contributed by atoms with van der Waals surface area (Å²) < 4.78 is 0. The molecule has 0 fully saturated rings. The number of carbonyl (C=O) groups excluding carboxylic acids is 1. The average Bonchev–Trinajstić information content (AvgIpc) is 2.30. The second kappa shape index (κ2) is 3.09. The zero-order chi connectivity index (χ0) is 9.30. The quantitative estimate of drug-likeness (QED) is 0.683. The Morgan fingerprint density at radius 2 is 2.08 bits per heavy atom. The summed E-state index contributed by atoms with van der Waals surface area (Å²) in [6, 6.07) is 0. The summed E-state index contributed by atoms with van der Waals surface area (Å²) in [6.45, 7) is 7.58. The van der Waals surface area contributed by atoms with E-state index in [9.17, 15) is 4.79 Å². The molecule has 0 aliphatic rings. The molecule has 0 amide bonds. The number of hydrogen-bond donors (Lipinski definition) is 1. The van der Waals surface area contributed by atoms with Gasteiger partial charge in [-0.1, -0.05) is 13.8 Å². The lowest BCUT2D eigenvalue weighted by Gasteiger charge is -1.99. The fourth-order valence-electron chi connectivity index (χ4n) is 1.20. The van der Waals surface area contributed by atoms with Crippen LogP contribution in [0, 0.1) is 6.92 Å². The normalized spacial score (nSPS) is 10.8. The van der Waals surface area contributed by atoms with Crippen LogP contribution in [-0.4, -0.2) is 15.8 Å². The molecule has 3 nitrogen and oxygen atoms in total. The van der Waals surface area contributed by atoms with Gasteiger partial charge in [0.15, 0.2) is 11.6 Å². The van der Waals surface area contributed by atoms with Crippen molar-refractivity contribution in [3.8, 4) is 0 Å². The third-order valence-corrected chi connectivity index (χ3v) is 1.80. The van der Waals surface area contributed by atoms with E-state index in [1.165, 1.54) is 6.92 Å². The Hall–Kier alpha value is -1.12. The molecule has 1 aromatic heterocycles. The average molecular weight is 166 g/mol. The van der Waals surface area contributed by atoms with E-state index >= 15 is 0 Å². The minimum atomic E-state index is -0.00926. The fraction of sp³-hybridized carbons (Fsp3) is 0.556. The number of hydrogen-bond acceptors (Lipinski definition) is 2. The third-order valence-electron chi connectivity index (χ3n) is 1.80. The Bertz CT molecular complexity index is 299. The summed E-state index contributed by atoms with van der Waals surface area (Å²) in [6.07, 6.45) is 0. The number of nitrogens with zero attached hydrogens (tertiary/aromatic N) is 1. The van der Waals surface area contributed by atoms with E-state index in [4.69, 9.17) is 0 Å². The minimum Gasteiger partial charge on any atom is -0.339 e. The smallest absolute Gasteiger partial charge is 0.194 e. The summed E-state index contributed by atoms with van der Waals surface area (Å²) in [5.41, 5.74) is 1.98. The number of aromatic amines is 1. The van der Waals surface area contributed by atoms with Crippen LogP contribution in [0.2, 0.25) is 0 Å². The van der Waals surface area contributed by atoms with Gasteiger partial charge in [-0.3, -0.25) is 4.79 Å². The Morgan fingerprint density at radius 3 is 2.33 bits per heavy atom. The second-order valence-electron chi connectivity index (χ2n) is 3.31. The maximum Gasteiger partial charge on any atom is 0.194 e. The number of aromatic nitrogens is 2. The highest BCUT2D eigenvalue weighted by molar-refractivity contribution is 5.90. The van der Waals surface area contributed by atoms with Crippen LogP contribution >= 0.6 is 0 Å². The van der Waals surface area contributed by atoms with E-state index in [-0.39, 0.29) is 5.78 Å². The summed E-state index contributed by atoms with van der Waals surface area (Å²) in [4.78, 5) is 18.1. The summed E-state index contributed by atoms with van der Waals surface area (Å²) in [5, 5.41) is 0. The molecule has 1 N–H and O–H groups in total. The van der Waals surface area contributed by atoms with Gasteiger partial charge in [-0.2, -0.15) is 0 Å². The first-order valence-electron chi connectivity index (χ1n) is 4.09. The van der Waals surface area contributed by atoms with Crippen molar-refractivity contribution in [2.75, 3.05) is 0 Å². The van der Waals surface area contributed by atoms with Crippen molar-refractivity contribution in [3.63, 3.8) is 0 Å². The fourth-order valence-corrected chi connectivity index (χ4v) is 1.20. The molecule has 0 aromatic carbocycles. The first kappa shape index (κ1) is 8.97. The van der Waals surface area contributed by atoms with Crippen LogP contribution in [-0.2, 0) is 0 Å². The lowest BCUT2D eigenvalue weighted by Crippen LogP contribution is -1.95. The van der Waals surface area contributed by atoms with Gasteiger partial charge in [0.2, 0.25) is 0 Å². The zero-order valence-corrected chi connectivity index (χ0v) is 7.93. The van der Waals surface area contributed by atoms with E-state index in [0.29, 0.717) is 11.7 Å². The molecular weight excluding hydrogens is 152 g/mol. The minimum absolute atomic E-state index is 0.00926. The van der Waals surface area contributed by atoms with Crippen LogP contribution in [0.4, 0.5) is 0 Å². The SMILES string of the molecule is CC(=O)c1nc(C(C)C)c(C)[nH]1. The van der Waals surface area contributed by atoms with Gasteiger partial charge in [0, 0.05) is 12.6 Å². The summed E-state index contributed by atoms with van der Waals surface area (Å²) in [7, 11) is 0. The molecule has 3 heteroatoms. The Balaban J connectivity index is 3.09. The van der Waals surface area contributed by atoms with Crippen molar-refractivity contribution in [2.24, 2.45) is 0 Å². The number of nitrogens with one attached hydrogen (secondary N) is 1. The Labute approximate surface area is 72.2 Å². The molecular formula is C9H14N2O. The van der Waals surface area contributed by atoms with Crippen LogP contribution in [0.3, 0.4) is 0 Å². The maximum atomic E-state index is 10.9. The maximum absolute atomic E-state index is 10.9. The first-order chi connectivity index (χ1) is 5.52. The van der Waals surface area contributed by atoms with E-state index in [0.717, 1.165) is 11.4 Å². The topological polar surface area (TPSA) is 45.8 Å². The molecule has 66 valence electrons. The lowest BCUT2D eigenvalue weighted by atomic mass is 10.1. The molecule has 0 spiro atoms. The highest BCUT2D eigenvalue weighted by Crippen LogP contribution is 2.15. The van der Waals surface area contributed by atoms with Gasteiger partial charge < -0.3 is 4.98 Å². The van der Waals surface area contributed by atoms with Crippen molar-refractivity contribution in [2.45, 2.75) is 33.6 Å². The predicted molar refractivity (Wildman–Crippen MR) is 47.4 cm³/mol. The standard InChI is InChI=1S/C9H14N2O/c1-5(2)8-6(3)10-9(11-8)7(4)12/h5H,1-4H3,(H,10,11). The molecule has 0 saturated heterocycles. The van der Waals surface area contributed by atoms with Crippen molar-refractivity contribution in [3.05, 3.63) is 17.2 Å². The monoisotopic (exact) mass is 166 g/mol.